The van der Waals surface area contributed by atoms with Crippen LogP contribution in [0.5, 0.6) is 0 Å². The first-order valence-corrected chi connectivity index (χ1v) is 11.5. The molecule has 0 bridgehead atoms. The first-order valence-electron chi connectivity index (χ1n) is 11.5. The molecule has 0 atom stereocenters. The molecule has 3 aromatic rings. The molecule has 0 aliphatic heterocycles. The molecule has 0 spiro atoms. The van der Waals surface area contributed by atoms with Crippen molar-refractivity contribution in [1.29, 1.82) is 0 Å². The molecule has 2 N–H and O–H groups in total. The molecular formula is C27H39FN4. The standard InChI is InChI=1S/C25H32FN3.C2H7N/c1-18-21-17-20(26)11-12-22(21)27-23(18)25(29(4)5)15-13-24(14-16-25,28(2)3)19-9-7-6-8-10-19;1-3-2/h6-12,17,27H,13-16H2,1-5H3;3H,1-2H3. The Kier molecular flexibility index (Phi) is 7.43. The van der Waals surface area contributed by atoms with Crippen molar-refractivity contribution in [3.8, 4) is 0 Å². The molecule has 0 radical (unpaired) electrons. The van der Waals surface area contributed by atoms with Gasteiger partial charge in [-0.05, 0) is 104 Å². The molecule has 0 amide bonds. The number of aromatic amines is 1. The second-order valence-corrected chi connectivity index (χ2v) is 9.53. The summed E-state index contributed by atoms with van der Waals surface area (Å²) in [6, 6.07) is 16.0. The molecule has 1 aliphatic carbocycles. The Labute approximate surface area is 192 Å². The van der Waals surface area contributed by atoms with E-state index in [0.29, 0.717) is 0 Å². The maximum absolute atomic E-state index is 13.9. The fourth-order valence-corrected chi connectivity index (χ4v) is 5.50. The second kappa shape index (κ2) is 9.74. The fourth-order valence-electron chi connectivity index (χ4n) is 5.50. The van der Waals surface area contributed by atoms with Gasteiger partial charge in [0.2, 0.25) is 0 Å². The zero-order chi connectivity index (χ0) is 23.5. The zero-order valence-electron chi connectivity index (χ0n) is 20.7. The van der Waals surface area contributed by atoms with Gasteiger partial charge < -0.3 is 10.3 Å². The highest BCUT2D eigenvalue weighted by molar-refractivity contribution is 5.84. The van der Waals surface area contributed by atoms with Crippen molar-refractivity contribution in [2.75, 3.05) is 42.3 Å². The van der Waals surface area contributed by atoms with Gasteiger partial charge in [0, 0.05) is 22.1 Å². The van der Waals surface area contributed by atoms with Crippen molar-refractivity contribution in [3.05, 3.63) is 71.2 Å². The smallest absolute Gasteiger partial charge is 0.123 e. The Morgan fingerprint density at radius 2 is 1.38 bits per heavy atom. The van der Waals surface area contributed by atoms with Gasteiger partial charge in [0.25, 0.3) is 0 Å². The van der Waals surface area contributed by atoms with E-state index >= 15 is 0 Å². The van der Waals surface area contributed by atoms with Gasteiger partial charge in [-0.2, -0.15) is 0 Å². The number of H-pyrrole nitrogens is 1. The highest BCUT2D eigenvalue weighted by atomic mass is 19.1. The predicted octanol–water partition coefficient (Wildman–Crippen LogP) is 5.24. The van der Waals surface area contributed by atoms with Crippen molar-refractivity contribution in [2.45, 2.75) is 43.7 Å². The van der Waals surface area contributed by atoms with Crippen LogP contribution in [-0.2, 0) is 11.1 Å². The van der Waals surface area contributed by atoms with Gasteiger partial charge in [-0.1, -0.05) is 30.3 Å². The third kappa shape index (κ3) is 4.21. The molecule has 174 valence electrons. The van der Waals surface area contributed by atoms with Crippen LogP contribution in [0, 0.1) is 12.7 Å². The van der Waals surface area contributed by atoms with Gasteiger partial charge in [-0.25, -0.2) is 4.39 Å². The molecule has 1 aromatic heterocycles. The lowest BCUT2D eigenvalue weighted by molar-refractivity contribution is 0.00645. The van der Waals surface area contributed by atoms with Crippen LogP contribution >= 0.6 is 0 Å². The average molecular weight is 439 g/mol. The van der Waals surface area contributed by atoms with E-state index in [-0.39, 0.29) is 16.9 Å². The van der Waals surface area contributed by atoms with Gasteiger partial charge in [0.05, 0.1) is 5.54 Å². The van der Waals surface area contributed by atoms with Crippen molar-refractivity contribution in [3.63, 3.8) is 0 Å². The third-order valence-corrected chi connectivity index (χ3v) is 7.41. The van der Waals surface area contributed by atoms with Crippen molar-refractivity contribution >= 4 is 10.9 Å². The fraction of sp³-hybridized carbons (Fsp3) is 0.481. The molecule has 1 fully saturated rings. The summed E-state index contributed by atoms with van der Waals surface area (Å²) in [5, 5.41) is 3.74. The number of aryl methyl sites for hydroxylation is 1. The number of hydrogen-bond acceptors (Lipinski definition) is 3. The monoisotopic (exact) mass is 438 g/mol. The van der Waals surface area contributed by atoms with Gasteiger partial charge in [-0.15, -0.1) is 0 Å². The van der Waals surface area contributed by atoms with Gasteiger partial charge in [0.15, 0.2) is 0 Å². The Bertz CT molecular complexity index is 1010. The molecule has 0 saturated heterocycles. The van der Waals surface area contributed by atoms with Gasteiger partial charge in [-0.3, -0.25) is 9.80 Å². The first kappa shape index (κ1) is 24.4. The lowest BCUT2D eigenvalue weighted by Gasteiger charge is -2.52. The summed E-state index contributed by atoms with van der Waals surface area (Å²) in [6.07, 6.45) is 4.24. The summed E-state index contributed by atoms with van der Waals surface area (Å²) < 4.78 is 13.9. The molecule has 4 nitrogen and oxygen atoms in total. The number of rotatable bonds is 4. The molecule has 1 saturated carbocycles. The third-order valence-electron chi connectivity index (χ3n) is 7.41. The first-order chi connectivity index (χ1) is 15.2. The van der Waals surface area contributed by atoms with Crippen molar-refractivity contribution < 1.29 is 4.39 Å². The van der Waals surface area contributed by atoms with E-state index in [2.05, 4.69) is 85.5 Å². The highest BCUT2D eigenvalue weighted by Gasteiger charge is 2.48. The summed E-state index contributed by atoms with van der Waals surface area (Å²) in [7, 11) is 12.5. The molecule has 5 heteroatoms. The predicted molar refractivity (Wildman–Crippen MR) is 134 cm³/mol. The van der Waals surface area contributed by atoms with Crippen LogP contribution < -0.4 is 5.32 Å². The summed E-state index contributed by atoms with van der Waals surface area (Å²) in [4.78, 5) is 8.42. The Morgan fingerprint density at radius 1 is 0.844 bits per heavy atom. The Hall–Kier alpha value is -2.21. The molecule has 2 aromatic carbocycles. The summed E-state index contributed by atoms with van der Waals surface area (Å²) in [5.41, 5.74) is 4.80. The largest absolute Gasteiger partial charge is 0.357 e. The van der Waals surface area contributed by atoms with Crippen LogP contribution in [0.25, 0.3) is 10.9 Å². The van der Waals surface area contributed by atoms with Crippen LogP contribution in [0.1, 0.15) is 42.5 Å². The Balaban J connectivity index is 0.000000913. The lowest BCUT2D eigenvalue weighted by atomic mass is 9.66. The van der Waals surface area contributed by atoms with E-state index in [1.165, 1.54) is 22.9 Å². The normalized spacial score (nSPS) is 23.4. The number of halogens is 1. The number of benzene rings is 2. The SMILES string of the molecule is CNC.Cc1c(C2(N(C)C)CCC(c3ccccc3)(N(C)C)CC2)[nH]c2ccc(F)cc12. The van der Waals surface area contributed by atoms with Crippen LogP contribution in [0.15, 0.2) is 48.5 Å². The van der Waals surface area contributed by atoms with Crippen LogP contribution in [0.3, 0.4) is 0 Å². The minimum atomic E-state index is -0.176. The van der Waals surface area contributed by atoms with E-state index in [9.17, 15) is 4.39 Å². The molecular weight excluding hydrogens is 399 g/mol. The van der Waals surface area contributed by atoms with Crippen molar-refractivity contribution in [2.24, 2.45) is 0 Å². The van der Waals surface area contributed by atoms with E-state index in [0.717, 1.165) is 36.6 Å². The van der Waals surface area contributed by atoms with E-state index in [4.69, 9.17) is 0 Å². The molecule has 32 heavy (non-hydrogen) atoms. The van der Waals surface area contributed by atoms with Crippen LogP contribution in [0.2, 0.25) is 0 Å². The van der Waals surface area contributed by atoms with Gasteiger partial charge in [0.1, 0.15) is 5.82 Å². The van der Waals surface area contributed by atoms with Crippen LogP contribution in [0.4, 0.5) is 4.39 Å². The minimum Gasteiger partial charge on any atom is -0.357 e. The zero-order valence-corrected chi connectivity index (χ0v) is 20.7. The number of nitrogens with zero attached hydrogens (tertiary/aromatic N) is 2. The van der Waals surface area contributed by atoms with Crippen LogP contribution in [-0.4, -0.2) is 57.1 Å². The minimum absolute atomic E-state index is 0.0484. The average Bonchev–Trinajstić information content (AvgIpc) is 3.11. The topological polar surface area (TPSA) is 34.3 Å². The second-order valence-electron chi connectivity index (χ2n) is 9.53. The summed E-state index contributed by atoms with van der Waals surface area (Å²) >= 11 is 0. The highest BCUT2D eigenvalue weighted by Crippen LogP contribution is 2.51. The van der Waals surface area contributed by atoms with E-state index in [1.54, 1.807) is 6.07 Å². The molecule has 0 unspecified atom stereocenters. The number of nitrogens with one attached hydrogen (secondary N) is 2. The van der Waals surface area contributed by atoms with E-state index in [1.807, 2.05) is 20.2 Å². The van der Waals surface area contributed by atoms with Gasteiger partial charge >= 0.3 is 0 Å². The Morgan fingerprint density at radius 3 is 1.91 bits per heavy atom. The quantitative estimate of drug-likeness (QED) is 0.585. The molecule has 1 aliphatic rings. The molecule has 1 heterocycles. The lowest BCUT2D eigenvalue weighted by Crippen LogP contribution is -2.52. The molecule has 4 rings (SSSR count). The number of aromatic nitrogens is 1. The maximum Gasteiger partial charge on any atom is 0.123 e. The van der Waals surface area contributed by atoms with Crippen molar-refractivity contribution in [1.82, 2.24) is 20.1 Å². The maximum atomic E-state index is 13.9. The van der Waals surface area contributed by atoms with E-state index < -0.39 is 0 Å². The summed E-state index contributed by atoms with van der Waals surface area (Å²) in [6.45, 7) is 2.13. The summed E-state index contributed by atoms with van der Waals surface area (Å²) in [5.74, 6) is -0.176. The number of fused-ring (bicyclic) bond motifs is 1. The number of hydrogen-bond donors (Lipinski definition) is 2.